The van der Waals surface area contributed by atoms with Gasteiger partial charge in [-0.1, -0.05) is 18.3 Å². The molecular weight excluding hydrogens is 436 g/mol. The van der Waals surface area contributed by atoms with Crippen LogP contribution in [0.3, 0.4) is 0 Å². The summed E-state index contributed by atoms with van der Waals surface area (Å²) in [5.41, 5.74) is 1.40. The Morgan fingerprint density at radius 2 is 2.26 bits per heavy atom. The van der Waals surface area contributed by atoms with Crippen LogP contribution in [0.4, 0.5) is 0 Å². The van der Waals surface area contributed by atoms with E-state index in [0.717, 1.165) is 12.8 Å². The van der Waals surface area contributed by atoms with Gasteiger partial charge in [0.2, 0.25) is 5.91 Å². The number of ether oxygens (including phenoxy) is 2. The highest BCUT2D eigenvalue weighted by atomic mass is 32.2. The molecule has 1 amide bonds. The lowest BCUT2D eigenvalue weighted by Gasteiger charge is -2.20. The van der Waals surface area contributed by atoms with E-state index < -0.39 is 12.0 Å². The van der Waals surface area contributed by atoms with E-state index in [1.54, 1.807) is 13.0 Å². The van der Waals surface area contributed by atoms with Gasteiger partial charge >= 0.3 is 5.97 Å². The Hall–Kier alpha value is -2.26. The number of carbonyl (C=O) groups is 2. The lowest BCUT2D eigenvalue weighted by atomic mass is 10.0. The summed E-state index contributed by atoms with van der Waals surface area (Å²) in [6.07, 6.45) is 4.66. The van der Waals surface area contributed by atoms with Crippen molar-refractivity contribution in [2.45, 2.75) is 44.4 Å². The number of carbonyl (C=O) groups excluding carboxylic acids is 2. The zero-order chi connectivity index (χ0) is 22.8. The molecular formula is C22H30N2O5S2. The second-order valence-corrected chi connectivity index (χ2v) is 8.72. The fourth-order valence-electron chi connectivity index (χ4n) is 3.26. The summed E-state index contributed by atoms with van der Waals surface area (Å²) in [6, 6.07) is 0.970. The van der Waals surface area contributed by atoms with Crippen molar-refractivity contribution < 1.29 is 24.2 Å². The lowest BCUT2D eigenvalue weighted by Crippen LogP contribution is -2.47. The maximum atomic E-state index is 12.8. The van der Waals surface area contributed by atoms with E-state index in [1.807, 2.05) is 0 Å². The number of phenols is 1. The number of phenolic OH excluding ortho intramolecular Hbond substituents is 1. The molecule has 170 valence electrons. The van der Waals surface area contributed by atoms with Crippen molar-refractivity contribution in [1.82, 2.24) is 10.6 Å². The molecule has 1 atom stereocenters. The van der Waals surface area contributed by atoms with E-state index in [1.165, 1.54) is 24.9 Å². The number of hydrogen-bond acceptors (Lipinski definition) is 7. The first kappa shape index (κ1) is 25.0. The molecule has 0 saturated heterocycles. The van der Waals surface area contributed by atoms with Crippen LogP contribution in [-0.4, -0.2) is 54.0 Å². The van der Waals surface area contributed by atoms with Gasteiger partial charge in [-0.15, -0.1) is 6.58 Å². The van der Waals surface area contributed by atoms with Gasteiger partial charge in [-0.2, -0.15) is 11.8 Å². The van der Waals surface area contributed by atoms with Crippen LogP contribution in [0.2, 0.25) is 0 Å². The topological polar surface area (TPSA) is 96.9 Å². The van der Waals surface area contributed by atoms with Crippen LogP contribution < -0.4 is 15.4 Å². The number of methoxy groups -OCH3 is 1. The third-order valence-corrected chi connectivity index (χ3v) is 6.32. The largest absolute Gasteiger partial charge is 0.507 e. The van der Waals surface area contributed by atoms with Crippen molar-refractivity contribution in [3.8, 4) is 11.5 Å². The second-order valence-electron chi connectivity index (χ2n) is 7.19. The number of nitrogens with one attached hydrogen (secondary N) is 2. The quantitative estimate of drug-likeness (QED) is 0.353. The summed E-state index contributed by atoms with van der Waals surface area (Å²) >= 11 is 6.84. The zero-order valence-electron chi connectivity index (χ0n) is 18.0. The third kappa shape index (κ3) is 7.14. The first-order chi connectivity index (χ1) is 14.9. The average Bonchev–Trinajstić information content (AvgIpc) is 2.75. The Bertz CT molecular complexity index is 829. The van der Waals surface area contributed by atoms with E-state index in [0.29, 0.717) is 58.3 Å². The first-order valence-corrected chi connectivity index (χ1v) is 11.8. The van der Waals surface area contributed by atoms with Gasteiger partial charge in [0.1, 0.15) is 17.5 Å². The molecule has 0 aromatic heterocycles. The first-order valence-electron chi connectivity index (χ1n) is 10.2. The van der Waals surface area contributed by atoms with Crippen molar-refractivity contribution >= 4 is 40.8 Å². The van der Waals surface area contributed by atoms with E-state index in [9.17, 15) is 14.7 Å². The maximum Gasteiger partial charge on any atom is 0.338 e. The molecule has 1 aromatic carbocycles. The predicted molar refractivity (Wildman–Crippen MR) is 127 cm³/mol. The number of benzene rings is 1. The average molecular weight is 467 g/mol. The number of amides is 1. The smallest absolute Gasteiger partial charge is 0.338 e. The molecule has 7 nitrogen and oxygen atoms in total. The standard InChI is InChI=1S/C22H30N2O5S2/c1-4-9-23-21(26)16-13-31-12-15-17(25)11-18(28-3)14(2)20(15)22(27)29-10-7-5-6-8-19(30)24-16/h4,11,16,25H,1,5-10,12-13H2,2-3H3,(H,23,26)(H,24,30)/t16-/m0/s1. The van der Waals surface area contributed by atoms with Gasteiger partial charge in [0.25, 0.3) is 0 Å². The summed E-state index contributed by atoms with van der Waals surface area (Å²) in [7, 11) is 1.49. The molecule has 2 rings (SSSR count). The molecule has 9 heteroatoms. The molecule has 0 saturated carbocycles. The number of thiocarbonyl (C=S) groups is 1. The molecule has 1 aliphatic heterocycles. The van der Waals surface area contributed by atoms with Crippen molar-refractivity contribution in [2.24, 2.45) is 0 Å². The Balaban J connectivity index is 2.32. The summed E-state index contributed by atoms with van der Waals surface area (Å²) < 4.78 is 10.8. The van der Waals surface area contributed by atoms with Crippen LogP contribution >= 0.6 is 24.0 Å². The van der Waals surface area contributed by atoms with Gasteiger partial charge in [-0.3, -0.25) is 4.79 Å². The molecule has 31 heavy (non-hydrogen) atoms. The Morgan fingerprint density at radius 1 is 1.48 bits per heavy atom. The van der Waals surface area contributed by atoms with Crippen molar-refractivity contribution in [2.75, 3.05) is 26.0 Å². The minimum atomic E-state index is -0.528. The second kappa shape index (κ2) is 12.6. The van der Waals surface area contributed by atoms with Crippen LogP contribution in [0.5, 0.6) is 11.5 Å². The fourth-order valence-corrected chi connectivity index (χ4v) is 4.63. The van der Waals surface area contributed by atoms with Crippen molar-refractivity contribution in [3.63, 3.8) is 0 Å². The van der Waals surface area contributed by atoms with E-state index in [4.69, 9.17) is 21.7 Å². The highest BCUT2D eigenvalue weighted by Gasteiger charge is 2.25. The van der Waals surface area contributed by atoms with Crippen LogP contribution in [0.1, 0.15) is 47.2 Å². The summed E-state index contributed by atoms with van der Waals surface area (Å²) in [6.45, 7) is 6.04. The van der Waals surface area contributed by atoms with Gasteiger partial charge in [0, 0.05) is 35.2 Å². The van der Waals surface area contributed by atoms with Crippen LogP contribution in [-0.2, 0) is 15.3 Å². The molecule has 3 N–H and O–H groups in total. The monoisotopic (exact) mass is 466 g/mol. The molecule has 0 aliphatic carbocycles. The minimum absolute atomic E-state index is 0.0395. The number of esters is 1. The Kier molecular flexibility index (Phi) is 10.1. The van der Waals surface area contributed by atoms with Crippen molar-refractivity contribution in [3.05, 3.63) is 35.4 Å². The fraction of sp³-hybridized carbons (Fsp3) is 0.500. The highest BCUT2D eigenvalue weighted by molar-refractivity contribution is 7.98. The number of rotatable bonds is 4. The van der Waals surface area contributed by atoms with Crippen LogP contribution in [0.25, 0.3) is 0 Å². The van der Waals surface area contributed by atoms with Gasteiger partial charge in [-0.25, -0.2) is 4.79 Å². The lowest BCUT2D eigenvalue weighted by molar-refractivity contribution is -0.122. The van der Waals surface area contributed by atoms with Gasteiger partial charge in [-0.05, 0) is 32.6 Å². The number of aromatic hydroxyl groups is 1. The zero-order valence-corrected chi connectivity index (χ0v) is 19.6. The molecule has 1 aromatic rings. The summed E-state index contributed by atoms with van der Waals surface area (Å²) in [4.78, 5) is 26.0. The molecule has 0 spiro atoms. The van der Waals surface area contributed by atoms with Gasteiger partial charge in [0.15, 0.2) is 0 Å². The van der Waals surface area contributed by atoms with E-state index in [2.05, 4.69) is 17.2 Å². The van der Waals surface area contributed by atoms with E-state index in [-0.39, 0.29) is 18.3 Å². The highest BCUT2D eigenvalue weighted by Crippen LogP contribution is 2.35. The SMILES string of the molecule is C=CCNC(=O)[C@@H]1CSCc2c(O)cc(OC)c(C)c2C(=O)OCCCCCC(=S)N1. The number of thioether (sulfide) groups is 1. The summed E-state index contributed by atoms with van der Waals surface area (Å²) in [5, 5.41) is 16.5. The normalized spacial score (nSPS) is 18.5. The molecule has 1 aliphatic rings. The van der Waals surface area contributed by atoms with E-state index >= 15 is 0 Å². The van der Waals surface area contributed by atoms with Crippen molar-refractivity contribution in [1.29, 1.82) is 0 Å². The Morgan fingerprint density at radius 3 is 2.97 bits per heavy atom. The molecule has 0 radical (unpaired) electrons. The molecule has 0 fully saturated rings. The summed E-state index contributed by atoms with van der Waals surface area (Å²) in [5.74, 6) is 0.454. The Labute approximate surface area is 193 Å². The van der Waals surface area contributed by atoms with Crippen LogP contribution in [0.15, 0.2) is 18.7 Å². The molecule has 0 unspecified atom stereocenters. The molecule has 1 heterocycles. The molecule has 0 bridgehead atoms. The third-order valence-electron chi connectivity index (χ3n) is 4.93. The van der Waals surface area contributed by atoms with Crippen LogP contribution in [0, 0.1) is 6.92 Å². The predicted octanol–water partition coefficient (Wildman–Crippen LogP) is 3.26. The van der Waals surface area contributed by atoms with Gasteiger partial charge in [0.05, 0.1) is 24.3 Å². The number of fused-ring (bicyclic) bond motifs is 1. The number of cyclic esters (lactones) is 1. The minimum Gasteiger partial charge on any atom is -0.507 e. The maximum absolute atomic E-state index is 12.8. The van der Waals surface area contributed by atoms with Gasteiger partial charge < -0.3 is 25.2 Å². The number of hydrogen-bond donors (Lipinski definition) is 3.